The molecule has 5 heteroatoms. The van der Waals surface area contributed by atoms with E-state index in [0.717, 1.165) is 5.56 Å². The molecule has 4 N–H and O–H groups in total. The number of hydrogen-bond donors (Lipinski definition) is 3. The van der Waals surface area contributed by atoms with E-state index in [-0.39, 0.29) is 24.0 Å². The summed E-state index contributed by atoms with van der Waals surface area (Å²) < 4.78 is 0. The predicted molar refractivity (Wildman–Crippen MR) is 75.3 cm³/mol. The van der Waals surface area contributed by atoms with Gasteiger partial charge < -0.3 is 5.11 Å². The van der Waals surface area contributed by atoms with Crippen LogP contribution in [0.15, 0.2) is 30.3 Å². The number of benzene rings is 1. The summed E-state index contributed by atoms with van der Waals surface area (Å²) in [5.41, 5.74) is 2.73. The molecule has 0 aromatic heterocycles. The Kier molecular flexibility index (Phi) is 5.47. The van der Waals surface area contributed by atoms with Crippen molar-refractivity contribution in [3.05, 3.63) is 35.9 Å². The van der Waals surface area contributed by atoms with Gasteiger partial charge >= 0.3 is 0 Å². The van der Waals surface area contributed by atoms with Crippen molar-refractivity contribution < 1.29 is 9.90 Å². The number of aliphatic hydroxyl groups is 1. The molecule has 0 fully saturated rings. The molecule has 0 bridgehead atoms. The van der Waals surface area contributed by atoms with Gasteiger partial charge in [-0.3, -0.25) is 15.1 Å². The van der Waals surface area contributed by atoms with Gasteiger partial charge in [0.15, 0.2) is 0 Å². The first-order valence-electron chi connectivity index (χ1n) is 6.30. The van der Waals surface area contributed by atoms with Crippen molar-refractivity contribution in [2.24, 2.45) is 5.84 Å². The Morgan fingerprint density at radius 2 is 2.00 bits per heavy atom. The topological polar surface area (TPSA) is 78.6 Å². The van der Waals surface area contributed by atoms with Gasteiger partial charge in [-0.1, -0.05) is 30.3 Å². The summed E-state index contributed by atoms with van der Waals surface area (Å²) in [6.07, 6.45) is 0. The number of amides is 1. The average molecular weight is 265 g/mol. The molecule has 0 saturated heterocycles. The molecule has 1 atom stereocenters. The second kappa shape index (κ2) is 6.65. The third-order valence-corrected chi connectivity index (χ3v) is 3.54. The lowest BCUT2D eigenvalue weighted by molar-refractivity contribution is -0.123. The number of carbonyl (C=O) groups is 1. The van der Waals surface area contributed by atoms with Crippen LogP contribution < -0.4 is 11.3 Å². The maximum absolute atomic E-state index is 11.9. The summed E-state index contributed by atoms with van der Waals surface area (Å²) in [7, 11) is 1.88. The maximum Gasteiger partial charge on any atom is 0.242 e. The number of aliphatic hydroxyl groups excluding tert-OH is 1. The average Bonchev–Trinajstić information content (AvgIpc) is 2.44. The summed E-state index contributed by atoms with van der Waals surface area (Å²) >= 11 is 0. The normalized spacial score (nSPS) is 13.4. The molecule has 0 spiro atoms. The number of nitrogens with two attached hydrogens (primary N) is 1. The van der Waals surface area contributed by atoms with Crippen LogP contribution in [0.3, 0.4) is 0 Å². The lowest BCUT2D eigenvalue weighted by Gasteiger charge is -2.36. The van der Waals surface area contributed by atoms with E-state index in [1.807, 2.05) is 56.1 Å². The molecule has 0 radical (unpaired) electrons. The SMILES string of the molecule is CN(CC(C(=O)NN)c1ccccc1)C(C)(C)CO. The molecule has 0 aliphatic rings. The van der Waals surface area contributed by atoms with Crippen molar-refractivity contribution in [2.45, 2.75) is 25.3 Å². The second-order valence-electron chi connectivity index (χ2n) is 5.32. The molecule has 1 unspecified atom stereocenters. The van der Waals surface area contributed by atoms with Crippen LogP contribution in [0.4, 0.5) is 0 Å². The highest BCUT2D eigenvalue weighted by Gasteiger charge is 2.28. The summed E-state index contributed by atoms with van der Waals surface area (Å²) in [5, 5.41) is 9.38. The Morgan fingerprint density at radius 3 is 2.47 bits per heavy atom. The van der Waals surface area contributed by atoms with Crippen molar-refractivity contribution in [1.29, 1.82) is 0 Å². The number of carbonyl (C=O) groups excluding carboxylic acids is 1. The highest BCUT2D eigenvalue weighted by atomic mass is 16.3. The van der Waals surface area contributed by atoms with Gasteiger partial charge in [-0.2, -0.15) is 0 Å². The summed E-state index contributed by atoms with van der Waals surface area (Å²) in [6.45, 7) is 4.36. The minimum atomic E-state index is -0.387. The molecular formula is C14H23N3O2. The number of nitrogens with one attached hydrogen (secondary N) is 1. The molecule has 19 heavy (non-hydrogen) atoms. The monoisotopic (exact) mass is 265 g/mol. The quantitative estimate of drug-likeness (QED) is 0.397. The molecule has 1 aromatic carbocycles. The van der Waals surface area contributed by atoms with Gasteiger partial charge in [0.25, 0.3) is 0 Å². The second-order valence-corrected chi connectivity index (χ2v) is 5.32. The molecule has 1 rings (SSSR count). The zero-order valence-electron chi connectivity index (χ0n) is 11.8. The van der Waals surface area contributed by atoms with Crippen molar-refractivity contribution in [3.8, 4) is 0 Å². The standard InChI is InChI=1S/C14H23N3O2/c1-14(2,10-18)17(3)9-12(13(19)16-15)11-7-5-4-6-8-11/h4-8,12,18H,9-10,15H2,1-3H3,(H,16,19). The molecule has 1 amide bonds. The first-order valence-corrected chi connectivity index (χ1v) is 6.30. The Balaban J connectivity index is 2.91. The fraction of sp³-hybridized carbons (Fsp3) is 0.500. The lowest BCUT2D eigenvalue weighted by atomic mass is 9.95. The van der Waals surface area contributed by atoms with E-state index in [1.54, 1.807) is 0 Å². The minimum Gasteiger partial charge on any atom is -0.394 e. The predicted octanol–water partition coefficient (Wildman–Crippen LogP) is 0.463. The van der Waals surface area contributed by atoms with Gasteiger partial charge in [0.2, 0.25) is 5.91 Å². The van der Waals surface area contributed by atoms with Crippen LogP contribution >= 0.6 is 0 Å². The molecule has 0 saturated carbocycles. The van der Waals surface area contributed by atoms with Gasteiger partial charge in [-0.15, -0.1) is 0 Å². The van der Waals surface area contributed by atoms with Crippen LogP contribution in [0, 0.1) is 0 Å². The van der Waals surface area contributed by atoms with Crippen LogP contribution in [-0.2, 0) is 4.79 Å². The molecule has 0 aliphatic heterocycles. The molecule has 1 aromatic rings. The lowest BCUT2D eigenvalue weighted by Crippen LogP contribution is -2.48. The van der Waals surface area contributed by atoms with Crippen LogP contribution in [0.2, 0.25) is 0 Å². The van der Waals surface area contributed by atoms with Gasteiger partial charge in [0, 0.05) is 12.1 Å². The van der Waals surface area contributed by atoms with E-state index < -0.39 is 0 Å². The van der Waals surface area contributed by atoms with Crippen LogP contribution in [0.25, 0.3) is 0 Å². The Hall–Kier alpha value is -1.43. The van der Waals surface area contributed by atoms with Gasteiger partial charge in [0.1, 0.15) is 0 Å². The summed E-state index contributed by atoms with van der Waals surface area (Å²) in [5.74, 6) is 4.67. The Bertz CT molecular complexity index is 406. The van der Waals surface area contributed by atoms with Crippen molar-refractivity contribution in [3.63, 3.8) is 0 Å². The van der Waals surface area contributed by atoms with Gasteiger partial charge in [0.05, 0.1) is 12.5 Å². The Labute approximate surface area is 114 Å². The highest BCUT2D eigenvalue weighted by molar-refractivity contribution is 5.83. The van der Waals surface area contributed by atoms with Crippen molar-refractivity contribution in [1.82, 2.24) is 10.3 Å². The molecule has 5 nitrogen and oxygen atoms in total. The number of rotatable bonds is 6. The first-order chi connectivity index (χ1) is 8.92. The van der Waals surface area contributed by atoms with E-state index >= 15 is 0 Å². The number of hydrogen-bond acceptors (Lipinski definition) is 4. The zero-order valence-corrected chi connectivity index (χ0v) is 11.8. The first kappa shape index (κ1) is 15.6. The molecule has 0 heterocycles. The van der Waals surface area contributed by atoms with E-state index in [0.29, 0.717) is 6.54 Å². The largest absolute Gasteiger partial charge is 0.394 e. The summed E-state index contributed by atoms with van der Waals surface area (Å²) in [6, 6.07) is 9.49. The van der Waals surface area contributed by atoms with Crippen LogP contribution in [-0.4, -0.2) is 41.7 Å². The van der Waals surface area contributed by atoms with Crippen molar-refractivity contribution in [2.75, 3.05) is 20.2 Å². The minimum absolute atomic E-state index is 0.0231. The number of hydrazine groups is 1. The van der Waals surface area contributed by atoms with Gasteiger partial charge in [-0.05, 0) is 26.5 Å². The van der Waals surface area contributed by atoms with Crippen LogP contribution in [0.1, 0.15) is 25.3 Å². The fourth-order valence-corrected chi connectivity index (χ4v) is 1.77. The van der Waals surface area contributed by atoms with E-state index in [4.69, 9.17) is 5.84 Å². The molecule has 0 aliphatic carbocycles. The van der Waals surface area contributed by atoms with E-state index in [1.165, 1.54) is 0 Å². The number of nitrogens with zero attached hydrogens (tertiary/aromatic N) is 1. The van der Waals surface area contributed by atoms with E-state index in [2.05, 4.69) is 5.43 Å². The molecule has 106 valence electrons. The smallest absolute Gasteiger partial charge is 0.242 e. The fourth-order valence-electron chi connectivity index (χ4n) is 1.77. The van der Waals surface area contributed by atoms with Gasteiger partial charge in [-0.25, -0.2) is 5.84 Å². The molecular weight excluding hydrogens is 242 g/mol. The van der Waals surface area contributed by atoms with Crippen LogP contribution in [0.5, 0.6) is 0 Å². The zero-order chi connectivity index (χ0) is 14.5. The van der Waals surface area contributed by atoms with E-state index in [9.17, 15) is 9.90 Å². The number of likely N-dealkylation sites (N-methyl/N-ethyl adjacent to an activating group) is 1. The summed E-state index contributed by atoms with van der Waals surface area (Å²) in [4.78, 5) is 13.9. The third-order valence-electron chi connectivity index (χ3n) is 3.54. The maximum atomic E-state index is 11.9. The van der Waals surface area contributed by atoms with Crippen molar-refractivity contribution >= 4 is 5.91 Å². The Morgan fingerprint density at radius 1 is 1.42 bits per heavy atom. The highest BCUT2D eigenvalue weighted by Crippen LogP contribution is 2.21. The third kappa shape index (κ3) is 4.02.